The molecule has 1 fully saturated rings. The number of nitrogens with zero attached hydrogens (tertiary/aromatic N) is 1. The average molecular weight is 540 g/mol. The number of carbonyl (C=O) groups excluding carboxylic acids is 3. The molecule has 1 aliphatic carbocycles. The highest BCUT2D eigenvalue weighted by molar-refractivity contribution is 5.70. The van der Waals surface area contributed by atoms with Gasteiger partial charge in [0.05, 0.1) is 0 Å². The van der Waals surface area contributed by atoms with Crippen LogP contribution in [0.2, 0.25) is 0 Å². The molecule has 222 valence electrons. The molecule has 0 spiro atoms. The van der Waals surface area contributed by atoms with E-state index in [0.717, 1.165) is 109 Å². The molecule has 0 N–H and O–H groups in total. The smallest absolute Gasteiger partial charge is 0.306 e. The molecule has 38 heavy (non-hydrogen) atoms. The maximum Gasteiger partial charge on any atom is 0.306 e. The van der Waals surface area contributed by atoms with Crippen molar-refractivity contribution in [2.45, 2.75) is 161 Å². The standard InChI is InChI=1S/C31H57NO6/c1-5-17-26(6-2)36-29(33)22-14-8-12-20-28(38-31(35)24-16-25-32(3)4)21-13-9-15-23-30(34)37-27-18-10-7-11-19-27/h26-28H,5-25H2,1-4H3. The van der Waals surface area contributed by atoms with Crippen molar-refractivity contribution in [2.24, 2.45) is 0 Å². The van der Waals surface area contributed by atoms with Gasteiger partial charge in [-0.25, -0.2) is 0 Å². The van der Waals surface area contributed by atoms with E-state index in [4.69, 9.17) is 14.2 Å². The zero-order chi connectivity index (χ0) is 28.0. The molecule has 0 amide bonds. The van der Waals surface area contributed by atoms with Crippen molar-refractivity contribution in [3.05, 3.63) is 0 Å². The summed E-state index contributed by atoms with van der Waals surface area (Å²) in [4.78, 5) is 38.7. The van der Waals surface area contributed by atoms with Crippen molar-refractivity contribution in [1.29, 1.82) is 0 Å². The first kappa shape index (κ1) is 34.4. The number of rotatable bonds is 22. The first-order valence-electron chi connectivity index (χ1n) is 15.6. The molecule has 1 rings (SSSR count). The Morgan fingerprint density at radius 1 is 0.684 bits per heavy atom. The third-order valence-corrected chi connectivity index (χ3v) is 7.31. The summed E-state index contributed by atoms with van der Waals surface area (Å²) < 4.78 is 17.0. The Morgan fingerprint density at radius 3 is 1.79 bits per heavy atom. The molecular weight excluding hydrogens is 482 g/mol. The van der Waals surface area contributed by atoms with Crippen LogP contribution in [0.4, 0.5) is 0 Å². The van der Waals surface area contributed by atoms with Crippen LogP contribution in [0, 0.1) is 0 Å². The molecule has 0 aromatic carbocycles. The summed E-state index contributed by atoms with van der Waals surface area (Å²) in [6.45, 7) is 5.02. The molecule has 0 aromatic heterocycles. The van der Waals surface area contributed by atoms with Crippen LogP contribution in [0.1, 0.15) is 142 Å². The fraction of sp³-hybridized carbons (Fsp3) is 0.903. The number of esters is 3. The molecule has 0 aromatic rings. The lowest BCUT2D eigenvalue weighted by atomic mass is 9.98. The van der Waals surface area contributed by atoms with Crippen LogP contribution < -0.4 is 0 Å². The number of hydrogen-bond acceptors (Lipinski definition) is 7. The number of hydrogen-bond donors (Lipinski definition) is 0. The lowest BCUT2D eigenvalue weighted by molar-refractivity contribution is -0.151. The van der Waals surface area contributed by atoms with Crippen LogP contribution in [0.25, 0.3) is 0 Å². The SMILES string of the molecule is CCCC(CC)OC(=O)CCCCCC(CCCCCC(=O)OC1CCCCC1)OC(=O)CCCN(C)C. The summed E-state index contributed by atoms with van der Waals surface area (Å²) in [5.74, 6) is -0.298. The van der Waals surface area contributed by atoms with Gasteiger partial charge in [0.15, 0.2) is 0 Å². The van der Waals surface area contributed by atoms with Gasteiger partial charge in [0.2, 0.25) is 0 Å². The summed E-state index contributed by atoms with van der Waals surface area (Å²) in [6.07, 6.45) is 17.5. The normalized spacial score (nSPS) is 15.7. The Hall–Kier alpha value is -1.63. The van der Waals surface area contributed by atoms with Crippen molar-refractivity contribution in [3.8, 4) is 0 Å². The van der Waals surface area contributed by atoms with Crippen molar-refractivity contribution in [3.63, 3.8) is 0 Å². The van der Waals surface area contributed by atoms with Crippen molar-refractivity contribution >= 4 is 17.9 Å². The molecule has 0 aliphatic heterocycles. The van der Waals surface area contributed by atoms with E-state index in [1.165, 1.54) is 6.42 Å². The monoisotopic (exact) mass is 539 g/mol. The fourth-order valence-electron chi connectivity index (χ4n) is 5.02. The highest BCUT2D eigenvalue weighted by Crippen LogP contribution is 2.21. The Balaban J connectivity index is 2.32. The van der Waals surface area contributed by atoms with E-state index in [-0.39, 0.29) is 36.2 Å². The molecular formula is C31H57NO6. The lowest BCUT2D eigenvalue weighted by Gasteiger charge is -2.21. The van der Waals surface area contributed by atoms with Crippen LogP contribution in [-0.2, 0) is 28.6 Å². The second-order valence-corrected chi connectivity index (χ2v) is 11.3. The fourth-order valence-corrected chi connectivity index (χ4v) is 5.02. The first-order chi connectivity index (χ1) is 18.3. The Morgan fingerprint density at radius 2 is 1.24 bits per heavy atom. The highest BCUT2D eigenvalue weighted by Gasteiger charge is 2.18. The minimum absolute atomic E-state index is 0.0397. The first-order valence-corrected chi connectivity index (χ1v) is 15.6. The summed E-state index contributed by atoms with van der Waals surface area (Å²) in [5.41, 5.74) is 0. The van der Waals surface area contributed by atoms with Crippen molar-refractivity contribution in [2.75, 3.05) is 20.6 Å². The van der Waals surface area contributed by atoms with Gasteiger partial charge < -0.3 is 19.1 Å². The molecule has 2 atom stereocenters. The maximum absolute atomic E-state index is 12.4. The number of carbonyl (C=O) groups is 3. The predicted octanol–water partition coefficient (Wildman–Crippen LogP) is 7.14. The third-order valence-electron chi connectivity index (χ3n) is 7.31. The molecule has 7 nitrogen and oxygen atoms in total. The van der Waals surface area contributed by atoms with Crippen LogP contribution in [0.15, 0.2) is 0 Å². The van der Waals surface area contributed by atoms with Crippen molar-refractivity contribution in [1.82, 2.24) is 4.90 Å². The van der Waals surface area contributed by atoms with E-state index in [9.17, 15) is 14.4 Å². The quantitative estimate of drug-likeness (QED) is 0.0821. The molecule has 1 aliphatic rings. The Bertz CT molecular complexity index is 603. The minimum atomic E-state index is -0.127. The minimum Gasteiger partial charge on any atom is -0.462 e. The lowest BCUT2D eigenvalue weighted by Crippen LogP contribution is -2.21. The Labute approximate surface area is 232 Å². The van der Waals surface area contributed by atoms with E-state index in [0.29, 0.717) is 19.3 Å². The van der Waals surface area contributed by atoms with Gasteiger partial charge in [-0.05, 0) is 104 Å². The molecule has 1 saturated carbocycles. The zero-order valence-electron chi connectivity index (χ0n) is 25.0. The summed E-state index contributed by atoms with van der Waals surface area (Å²) in [7, 11) is 4.00. The molecule has 7 heteroatoms. The zero-order valence-corrected chi connectivity index (χ0v) is 25.0. The van der Waals surface area contributed by atoms with Crippen molar-refractivity contribution < 1.29 is 28.6 Å². The number of ether oxygens (including phenoxy) is 3. The largest absolute Gasteiger partial charge is 0.462 e. The topological polar surface area (TPSA) is 82.1 Å². The van der Waals surface area contributed by atoms with Gasteiger partial charge in [0.1, 0.15) is 18.3 Å². The highest BCUT2D eigenvalue weighted by atomic mass is 16.6. The van der Waals surface area contributed by atoms with Gasteiger partial charge in [0, 0.05) is 19.3 Å². The second-order valence-electron chi connectivity index (χ2n) is 11.3. The van der Waals surface area contributed by atoms with Crippen LogP contribution >= 0.6 is 0 Å². The van der Waals surface area contributed by atoms with Gasteiger partial charge in [-0.1, -0.05) is 39.5 Å². The molecule has 0 heterocycles. The maximum atomic E-state index is 12.4. The van der Waals surface area contributed by atoms with E-state index >= 15 is 0 Å². The van der Waals surface area contributed by atoms with Gasteiger partial charge in [-0.15, -0.1) is 0 Å². The van der Waals surface area contributed by atoms with Crippen LogP contribution in [0.5, 0.6) is 0 Å². The summed E-state index contributed by atoms with van der Waals surface area (Å²) in [5, 5.41) is 0. The van der Waals surface area contributed by atoms with E-state index < -0.39 is 0 Å². The third kappa shape index (κ3) is 18.6. The summed E-state index contributed by atoms with van der Waals surface area (Å²) in [6, 6.07) is 0. The van der Waals surface area contributed by atoms with E-state index in [1.807, 2.05) is 14.1 Å². The van der Waals surface area contributed by atoms with Gasteiger partial charge in [-0.2, -0.15) is 0 Å². The summed E-state index contributed by atoms with van der Waals surface area (Å²) >= 11 is 0. The van der Waals surface area contributed by atoms with E-state index in [1.54, 1.807) is 0 Å². The molecule has 0 saturated heterocycles. The second kappa shape index (κ2) is 22.2. The molecule has 2 unspecified atom stereocenters. The molecule has 0 bridgehead atoms. The average Bonchev–Trinajstić information content (AvgIpc) is 2.88. The Kier molecular flexibility index (Phi) is 20.1. The van der Waals surface area contributed by atoms with Gasteiger partial charge in [0.25, 0.3) is 0 Å². The number of unbranched alkanes of at least 4 members (excludes halogenated alkanes) is 4. The van der Waals surface area contributed by atoms with Gasteiger partial charge in [-0.3, -0.25) is 14.4 Å². The van der Waals surface area contributed by atoms with E-state index in [2.05, 4.69) is 18.7 Å². The van der Waals surface area contributed by atoms with Gasteiger partial charge >= 0.3 is 17.9 Å². The predicted molar refractivity (Wildman–Crippen MR) is 152 cm³/mol. The van der Waals surface area contributed by atoms with Crippen LogP contribution in [0.3, 0.4) is 0 Å². The van der Waals surface area contributed by atoms with Crippen LogP contribution in [-0.4, -0.2) is 61.8 Å². The molecule has 0 radical (unpaired) electrons.